The summed E-state index contributed by atoms with van der Waals surface area (Å²) < 4.78 is 7.68. The molecule has 7 nitrogen and oxygen atoms in total. The van der Waals surface area contributed by atoms with Gasteiger partial charge in [-0.05, 0) is 31.9 Å². The van der Waals surface area contributed by atoms with Gasteiger partial charge in [0.1, 0.15) is 5.65 Å². The molecule has 0 radical (unpaired) electrons. The molecule has 1 saturated heterocycles. The third-order valence-corrected chi connectivity index (χ3v) is 6.43. The average molecular weight is 413 g/mol. The summed E-state index contributed by atoms with van der Waals surface area (Å²) in [7, 11) is 0. The van der Waals surface area contributed by atoms with Gasteiger partial charge >= 0.3 is 0 Å². The normalized spacial score (nSPS) is 20.4. The van der Waals surface area contributed by atoms with Gasteiger partial charge in [0.25, 0.3) is 0 Å². The van der Waals surface area contributed by atoms with Crippen LogP contribution in [0.25, 0.3) is 5.65 Å². The van der Waals surface area contributed by atoms with Gasteiger partial charge < -0.3 is 19.8 Å². The highest BCUT2D eigenvalue weighted by molar-refractivity contribution is 5.79. The number of ether oxygens (including phenoxy) is 1. The van der Waals surface area contributed by atoms with Gasteiger partial charge in [-0.2, -0.15) is 0 Å². The predicted octanol–water partition coefficient (Wildman–Crippen LogP) is 2.47. The third-order valence-electron chi connectivity index (χ3n) is 6.43. The van der Waals surface area contributed by atoms with Gasteiger partial charge in [-0.15, -0.1) is 0 Å². The zero-order valence-electron chi connectivity index (χ0n) is 18.3. The molecule has 0 unspecified atom stereocenters. The number of aliphatic imine (C=N–C) groups is 1. The van der Waals surface area contributed by atoms with Crippen molar-refractivity contribution >= 4 is 11.6 Å². The van der Waals surface area contributed by atoms with Gasteiger partial charge in [0.05, 0.1) is 25.5 Å². The van der Waals surface area contributed by atoms with Crippen molar-refractivity contribution in [3.63, 3.8) is 0 Å². The molecular formula is C23H36N6O. The molecule has 164 valence electrons. The molecule has 2 fully saturated rings. The summed E-state index contributed by atoms with van der Waals surface area (Å²) in [5.41, 5.74) is 2.30. The van der Waals surface area contributed by atoms with Crippen LogP contribution in [0.1, 0.15) is 44.7 Å². The van der Waals surface area contributed by atoms with Crippen LogP contribution in [0.15, 0.2) is 35.6 Å². The monoisotopic (exact) mass is 412 g/mol. The highest BCUT2D eigenvalue weighted by Crippen LogP contribution is 2.34. The topological polar surface area (TPSA) is 66.2 Å². The van der Waals surface area contributed by atoms with Crippen LogP contribution in [0.4, 0.5) is 0 Å². The maximum Gasteiger partial charge on any atom is 0.191 e. The Morgan fingerprint density at radius 1 is 1.17 bits per heavy atom. The van der Waals surface area contributed by atoms with Crippen molar-refractivity contribution in [2.75, 3.05) is 45.9 Å². The van der Waals surface area contributed by atoms with E-state index in [1.54, 1.807) is 0 Å². The van der Waals surface area contributed by atoms with Gasteiger partial charge in [-0.25, -0.2) is 4.98 Å². The molecule has 2 aliphatic rings. The number of hydrogen-bond donors (Lipinski definition) is 2. The van der Waals surface area contributed by atoms with E-state index >= 15 is 0 Å². The van der Waals surface area contributed by atoms with Crippen LogP contribution < -0.4 is 10.6 Å². The van der Waals surface area contributed by atoms with E-state index in [0.29, 0.717) is 0 Å². The summed E-state index contributed by atoms with van der Waals surface area (Å²) in [6.45, 7) is 8.44. The van der Waals surface area contributed by atoms with Gasteiger partial charge in [-0.3, -0.25) is 9.89 Å². The number of aromatic nitrogens is 2. The summed E-state index contributed by atoms with van der Waals surface area (Å²) in [5.74, 6) is 0.916. The third kappa shape index (κ3) is 5.13. The van der Waals surface area contributed by atoms with E-state index in [-0.39, 0.29) is 5.54 Å². The van der Waals surface area contributed by atoms with E-state index in [0.717, 1.165) is 69.7 Å². The van der Waals surface area contributed by atoms with Crippen molar-refractivity contribution in [2.24, 2.45) is 4.99 Å². The fourth-order valence-electron chi connectivity index (χ4n) is 4.81. The Morgan fingerprint density at radius 2 is 2.00 bits per heavy atom. The van der Waals surface area contributed by atoms with Gasteiger partial charge in [-0.1, -0.05) is 25.3 Å². The van der Waals surface area contributed by atoms with E-state index < -0.39 is 0 Å². The molecule has 2 N–H and O–H groups in total. The molecule has 0 bridgehead atoms. The molecule has 0 atom stereocenters. The number of hydrogen-bond acceptors (Lipinski definition) is 4. The van der Waals surface area contributed by atoms with Crippen molar-refractivity contribution in [3.05, 3.63) is 36.3 Å². The zero-order valence-corrected chi connectivity index (χ0v) is 18.3. The largest absolute Gasteiger partial charge is 0.379 e. The highest BCUT2D eigenvalue weighted by Gasteiger charge is 2.38. The van der Waals surface area contributed by atoms with Gasteiger partial charge in [0, 0.05) is 50.5 Å². The van der Waals surface area contributed by atoms with Crippen LogP contribution in [0, 0.1) is 0 Å². The first-order valence-corrected chi connectivity index (χ1v) is 11.6. The number of nitrogens with one attached hydrogen (secondary N) is 2. The molecule has 0 spiro atoms. The van der Waals surface area contributed by atoms with Gasteiger partial charge in [0.2, 0.25) is 0 Å². The molecule has 2 aromatic rings. The lowest BCUT2D eigenvalue weighted by Gasteiger charge is -2.47. The number of pyridine rings is 1. The van der Waals surface area contributed by atoms with Gasteiger partial charge in [0.15, 0.2) is 5.96 Å². The number of fused-ring (bicyclic) bond motifs is 1. The second-order valence-electron chi connectivity index (χ2n) is 8.45. The first-order valence-electron chi connectivity index (χ1n) is 11.6. The minimum absolute atomic E-state index is 0.200. The first kappa shape index (κ1) is 21.1. The minimum Gasteiger partial charge on any atom is -0.379 e. The summed E-state index contributed by atoms with van der Waals surface area (Å²) in [6.07, 6.45) is 11.5. The van der Waals surface area contributed by atoms with Crippen LogP contribution in [0.3, 0.4) is 0 Å². The van der Waals surface area contributed by atoms with Crippen molar-refractivity contribution < 1.29 is 4.74 Å². The molecule has 30 heavy (non-hydrogen) atoms. The molecule has 1 saturated carbocycles. The summed E-state index contributed by atoms with van der Waals surface area (Å²) in [6, 6.07) is 6.09. The van der Waals surface area contributed by atoms with E-state index in [1.165, 1.54) is 32.1 Å². The van der Waals surface area contributed by atoms with Crippen molar-refractivity contribution in [2.45, 2.75) is 51.0 Å². The minimum atomic E-state index is 0.200. The number of imidazole rings is 1. The van der Waals surface area contributed by atoms with Crippen LogP contribution in [0.2, 0.25) is 0 Å². The van der Waals surface area contributed by atoms with E-state index in [2.05, 4.69) is 33.1 Å². The van der Waals surface area contributed by atoms with Crippen LogP contribution in [-0.4, -0.2) is 71.7 Å². The predicted molar refractivity (Wildman–Crippen MR) is 121 cm³/mol. The molecular weight excluding hydrogens is 376 g/mol. The highest BCUT2D eigenvalue weighted by atomic mass is 16.5. The Labute approximate surface area is 179 Å². The second-order valence-corrected chi connectivity index (χ2v) is 8.45. The van der Waals surface area contributed by atoms with E-state index in [9.17, 15) is 0 Å². The number of guanidine groups is 1. The molecule has 1 aliphatic heterocycles. The Kier molecular flexibility index (Phi) is 7.23. The molecule has 4 rings (SSSR count). The Morgan fingerprint density at radius 3 is 2.77 bits per heavy atom. The fourth-order valence-corrected chi connectivity index (χ4v) is 4.81. The van der Waals surface area contributed by atoms with E-state index in [4.69, 9.17) is 14.7 Å². The molecule has 0 aromatic carbocycles. The van der Waals surface area contributed by atoms with Crippen LogP contribution in [0.5, 0.6) is 0 Å². The quantitative estimate of drug-likeness (QED) is 0.540. The number of rotatable bonds is 7. The molecule has 1 aliphatic carbocycles. The summed E-state index contributed by atoms with van der Waals surface area (Å²) in [5, 5.41) is 6.94. The van der Waals surface area contributed by atoms with E-state index in [1.807, 2.05) is 24.4 Å². The molecule has 0 amide bonds. The zero-order chi connectivity index (χ0) is 20.7. The second kappa shape index (κ2) is 10.3. The number of nitrogens with zero attached hydrogens (tertiary/aromatic N) is 4. The van der Waals surface area contributed by atoms with Crippen molar-refractivity contribution in [1.29, 1.82) is 0 Å². The van der Waals surface area contributed by atoms with Crippen molar-refractivity contribution in [1.82, 2.24) is 24.9 Å². The Balaban J connectivity index is 1.37. The SMILES string of the molecule is CCNC(=NCC1(N2CCOCC2)CCCCC1)NCCc1cn2ccccc2n1. The maximum atomic E-state index is 5.61. The maximum absolute atomic E-state index is 5.61. The lowest BCUT2D eigenvalue weighted by atomic mass is 9.80. The standard InChI is InChI=1S/C23H36N6O/c1-2-24-22(25-12-9-20-18-28-13-7-4-8-21(28)27-20)26-19-23(10-5-3-6-11-23)29-14-16-30-17-15-29/h4,7-8,13,18H,2-3,5-6,9-12,14-17,19H2,1H3,(H2,24,25,26). The lowest BCUT2D eigenvalue weighted by Crippen LogP contribution is -2.56. The first-order chi connectivity index (χ1) is 14.8. The van der Waals surface area contributed by atoms with Crippen molar-refractivity contribution in [3.8, 4) is 0 Å². The Bertz CT molecular complexity index is 787. The lowest BCUT2D eigenvalue weighted by molar-refractivity contribution is -0.0333. The molecule has 2 aromatic heterocycles. The summed E-state index contributed by atoms with van der Waals surface area (Å²) in [4.78, 5) is 12.4. The summed E-state index contributed by atoms with van der Waals surface area (Å²) >= 11 is 0. The Hall–Kier alpha value is -2.12. The van der Waals surface area contributed by atoms with Crippen LogP contribution >= 0.6 is 0 Å². The van der Waals surface area contributed by atoms with Crippen LogP contribution in [-0.2, 0) is 11.2 Å². The fraction of sp³-hybridized carbons (Fsp3) is 0.652. The molecule has 3 heterocycles. The average Bonchev–Trinajstić information content (AvgIpc) is 3.21. The molecule has 7 heteroatoms. The smallest absolute Gasteiger partial charge is 0.191 e. The number of morpholine rings is 1.